The lowest BCUT2D eigenvalue weighted by atomic mass is 10.3. The molecule has 2 fully saturated rings. The highest BCUT2D eigenvalue weighted by molar-refractivity contribution is 5.84. The van der Waals surface area contributed by atoms with E-state index < -0.39 is 0 Å². The Morgan fingerprint density at radius 1 is 1.31 bits per heavy atom. The highest BCUT2D eigenvalue weighted by atomic mass is 16.2. The zero-order valence-electron chi connectivity index (χ0n) is 9.74. The molecule has 0 atom stereocenters. The number of piperazine rings is 1. The second kappa shape index (κ2) is 4.82. The second-order valence-electron chi connectivity index (χ2n) is 4.51. The van der Waals surface area contributed by atoms with Crippen molar-refractivity contribution in [3.63, 3.8) is 0 Å². The summed E-state index contributed by atoms with van der Waals surface area (Å²) >= 11 is 0. The molecule has 0 bridgehead atoms. The molecule has 0 aromatic carbocycles. The van der Waals surface area contributed by atoms with E-state index in [0.29, 0.717) is 6.04 Å². The molecule has 2 rings (SSSR count). The van der Waals surface area contributed by atoms with Gasteiger partial charge in [0.2, 0.25) is 11.8 Å². The molecule has 5 nitrogen and oxygen atoms in total. The Kier molecular flexibility index (Phi) is 3.43. The Morgan fingerprint density at radius 3 is 2.44 bits per heavy atom. The van der Waals surface area contributed by atoms with Gasteiger partial charge in [0.15, 0.2) is 0 Å². The van der Waals surface area contributed by atoms with Crippen molar-refractivity contribution in [2.75, 3.05) is 32.7 Å². The number of amides is 2. The van der Waals surface area contributed by atoms with Crippen LogP contribution in [-0.4, -0.2) is 60.4 Å². The first-order chi connectivity index (χ1) is 7.68. The van der Waals surface area contributed by atoms with E-state index >= 15 is 0 Å². The average Bonchev–Trinajstić information content (AvgIpc) is 3.10. The summed E-state index contributed by atoms with van der Waals surface area (Å²) in [5.74, 6) is 0.106. The zero-order valence-corrected chi connectivity index (χ0v) is 9.74. The lowest BCUT2D eigenvalue weighted by Gasteiger charge is -2.30. The van der Waals surface area contributed by atoms with E-state index in [1.54, 1.807) is 11.8 Å². The average molecular weight is 225 g/mol. The summed E-state index contributed by atoms with van der Waals surface area (Å²) in [5, 5.41) is 3.21. The lowest BCUT2D eigenvalue weighted by molar-refractivity contribution is -0.140. The molecule has 90 valence electrons. The van der Waals surface area contributed by atoms with Crippen LogP contribution in [0.3, 0.4) is 0 Å². The minimum Gasteiger partial charge on any atom is -0.339 e. The largest absolute Gasteiger partial charge is 0.339 e. The maximum absolute atomic E-state index is 11.9. The van der Waals surface area contributed by atoms with Gasteiger partial charge in [-0.2, -0.15) is 0 Å². The minimum atomic E-state index is 0.0194. The molecular weight excluding hydrogens is 206 g/mol. The molecule has 1 saturated carbocycles. The molecule has 1 heterocycles. The quantitative estimate of drug-likeness (QED) is 0.700. The highest BCUT2D eigenvalue weighted by Crippen LogP contribution is 2.26. The normalized spacial score (nSPS) is 20.7. The number of carbonyl (C=O) groups excluding carboxylic acids is 2. The van der Waals surface area contributed by atoms with Gasteiger partial charge in [-0.25, -0.2) is 0 Å². The van der Waals surface area contributed by atoms with Crippen LogP contribution in [0.5, 0.6) is 0 Å². The predicted octanol–water partition coefficient (Wildman–Crippen LogP) is -0.571. The maximum atomic E-state index is 11.9. The van der Waals surface area contributed by atoms with Crippen molar-refractivity contribution in [1.29, 1.82) is 0 Å². The molecule has 1 aliphatic carbocycles. The molecule has 0 aromatic rings. The van der Waals surface area contributed by atoms with Gasteiger partial charge in [-0.05, 0) is 12.8 Å². The van der Waals surface area contributed by atoms with E-state index in [-0.39, 0.29) is 18.4 Å². The molecule has 1 aliphatic heterocycles. The summed E-state index contributed by atoms with van der Waals surface area (Å²) in [5.41, 5.74) is 0. The van der Waals surface area contributed by atoms with Gasteiger partial charge in [0, 0.05) is 39.1 Å². The summed E-state index contributed by atoms with van der Waals surface area (Å²) in [6, 6.07) is 0.323. The third-order valence-corrected chi connectivity index (χ3v) is 3.17. The van der Waals surface area contributed by atoms with Gasteiger partial charge in [0.25, 0.3) is 0 Å². The SMILES string of the molecule is CC(=O)N(CC(=O)N1CCNCC1)C1CC1. The topological polar surface area (TPSA) is 52.7 Å². The zero-order chi connectivity index (χ0) is 11.5. The predicted molar refractivity (Wildman–Crippen MR) is 59.9 cm³/mol. The van der Waals surface area contributed by atoms with Crippen molar-refractivity contribution in [2.24, 2.45) is 0 Å². The number of hydrogen-bond donors (Lipinski definition) is 1. The van der Waals surface area contributed by atoms with E-state index in [2.05, 4.69) is 5.32 Å². The van der Waals surface area contributed by atoms with Crippen LogP contribution in [0.2, 0.25) is 0 Å². The molecule has 0 aromatic heterocycles. The number of hydrogen-bond acceptors (Lipinski definition) is 3. The van der Waals surface area contributed by atoms with Crippen LogP contribution >= 0.6 is 0 Å². The van der Waals surface area contributed by atoms with Crippen molar-refractivity contribution >= 4 is 11.8 Å². The molecule has 2 aliphatic rings. The molecule has 1 N–H and O–H groups in total. The van der Waals surface area contributed by atoms with E-state index in [9.17, 15) is 9.59 Å². The molecular formula is C11H19N3O2. The fourth-order valence-corrected chi connectivity index (χ4v) is 2.04. The number of nitrogens with zero attached hydrogens (tertiary/aromatic N) is 2. The summed E-state index contributed by atoms with van der Waals surface area (Å²) < 4.78 is 0. The van der Waals surface area contributed by atoms with Crippen molar-refractivity contribution in [2.45, 2.75) is 25.8 Å². The fourth-order valence-electron chi connectivity index (χ4n) is 2.04. The third-order valence-electron chi connectivity index (χ3n) is 3.17. The molecule has 0 radical (unpaired) electrons. The van der Waals surface area contributed by atoms with Gasteiger partial charge in [-0.3, -0.25) is 9.59 Å². The van der Waals surface area contributed by atoms with Crippen LogP contribution in [0.25, 0.3) is 0 Å². The van der Waals surface area contributed by atoms with Crippen LogP contribution in [-0.2, 0) is 9.59 Å². The first-order valence-corrected chi connectivity index (χ1v) is 5.94. The van der Waals surface area contributed by atoms with Gasteiger partial charge >= 0.3 is 0 Å². The minimum absolute atomic E-state index is 0.0194. The highest BCUT2D eigenvalue weighted by Gasteiger charge is 2.33. The molecule has 0 unspecified atom stereocenters. The Balaban J connectivity index is 1.86. The summed E-state index contributed by atoms with van der Waals surface area (Å²) in [7, 11) is 0. The molecule has 0 spiro atoms. The Hall–Kier alpha value is -1.10. The Morgan fingerprint density at radius 2 is 1.94 bits per heavy atom. The summed E-state index contributed by atoms with van der Waals surface area (Å²) in [6.07, 6.45) is 2.10. The second-order valence-corrected chi connectivity index (χ2v) is 4.51. The van der Waals surface area contributed by atoms with Crippen molar-refractivity contribution in [3.8, 4) is 0 Å². The number of carbonyl (C=O) groups is 2. The van der Waals surface area contributed by atoms with Crippen molar-refractivity contribution in [1.82, 2.24) is 15.1 Å². The van der Waals surface area contributed by atoms with Gasteiger partial charge in [0.05, 0.1) is 6.54 Å². The van der Waals surface area contributed by atoms with E-state index in [0.717, 1.165) is 39.0 Å². The first kappa shape index (κ1) is 11.4. The number of rotatable bonds is 3. The lowest BCUT2D eigenvalue weighted by Crippen LogP contribution is -2.50. The van der Waals surface area contributed by atoms with Crippen molar-refractivity contribution in [3.05, 3.63) is 0 Å². The summed E-state index contributed by atoms with van der Waals surface area (Å²) in [6.45, 7) is 5.04. The van der Waals surface area contributed by atoms with E-state index in [1.807, 2.05) is 4.90 Å². The van der Waals surface area contributed by atoms with Crippen LogP contribution in [0.4, 0.5) is 0 Å². The molecule has 2 amide bonds. The Bertz CT molecular complexity index is 283. The van der Waals surface area contributed by atoms with Crippen LogP contribution in [0.1, 0.15) is 19.8 Å². The first-order valence-electron chi connectivity index (χ1n) is 5.94. The van der Waals surface area contributed by atoms with Gasteiger partial charge in [-0.15, -0.1) is 0 Å². The van der Waals surface area contributed by atoms with Crippen LogP contribution < -0.4 is 5.32 Å². The standard InChI is InChI=1S/C11H19N3O2/c1-9(15)14(10-2-3-10)8-11(16)13-6-4-12-5-7-13/h10,12H,2-8H2,1H3. The maximum Gasteiger partial charge on any atom is 0.242 e. The molecule has 5 heteroatoms. The van der Waals surface area contributed by atoms with Gasteiger partial charge < -0.3 is 15.1 Å². The van der Waals surface area contributed by atoms with Crippen molar-refractivity contribution < 1.29 is 9.59 Å². The Labute approximate surface area is 95.8 Å². The molecule has 16 heavy (non-hydrogen) atoms. The van der Waals surface area contributed by atoms with E-state index in [4.69, 9.17) is 0 Å². The van der Waals surface area contributed by atoms with Crippen LogP contribution in [0.15, 0.2) is 0 Å². The number of nitrogens with one attached hydrogen (secondary N) is 1. The van der Waals surface area contributed by atoms with Gasteiger partial charge in [-0.1, -0.05) is 0 Å². The van der Waals surface area contributed by atoms with Crippen LogP contribution in [0, 0.1) is 0 Å². The smallest absolute Gasteiger partial charge is 0.242 e. The monoisotopic (exact) mass is 225 g/mol. The summed E-state index contributed by atoms with van der Waals surface area (Å²) in [4.78, 5) is 26.9. The molecule has 1 saturated heterocycles. The van der Waals surface area contributed by atoms with E-state index in [1.165, 1.54) is 0 Å². The van der Waals surface area contributed by atoms with Gasteiger partial charge in [0.1, 0.15) is 0 Å². The fraction of sp³-hybridized carbons (Fsp3) is 0.818. The third kappa shape index (κ3) is 2.72.